The molecule has 0 aliphatic carbocycles. The topological polar surface area (TPSA) is 29.1 Å². The summed E-state index contributed by atoms with van der Waals surface area (Å²) in [5.74, 6) is -0.178. The highest BCUT2D eigenvalue weighted by Gasteiger charge is 2.11. The first-order valence-corrected chi connectivity index (χ1v) is 7.46. The zero-order chi connectivity index (χ0) is 14.0. The van der Waals surface area contributed by atoms with E-state index in [0.29, 0.717) is 16.3 Å². The van der Waals surface area contributed by atoms with E-state index in [1.165, 1.54) is 0 Å². The Bertz CT molecular complexity index is 643. The molecule has 1 amide bonds. The van der Waals surface area contributed by atoms with Crippen LogP contribution in [0.5, 0.6) is 0 Å². The molecule has 2 rings (SSSR count). The first-order chi connectivity index (χ1) is 8.97. The zero-order valence-electron chi connectivity index (χ0n) is 10.0. The Kier molecular flexibility index (Phi) is 4.66. The molecule has 0 saturated heterocycles. The van der Waals surface area contributed by atoms with Crippen molar-refractivity contribution in [1.82, 2.24) is 0 Å². The van der Waals surface area contributed by atoms with Gasteiger partial charge in [0.1, 0.15) is 0 Å². The van der Waals surface area contributed by atoms with Crippen LogP contribution in [-0.2, 0) is 0 Å². The molecule has 0 aromatic heterocycles. The number of carbonyl (C=O) groups excluding carboxylic acids is 1. The number of nitrogens with one attached hydrogen (secondary N) is 1. The number of benzene rings is 2. The van der Waals surface area contributed by atoms with Crippen LogP contribution in [0.15, 0.2) is 45.3 Å². The molecule has 0 saturated carbocycles. The molecule has 0 bridgehead atoms. The van der Waals surface area contributed by atoms with Crippen molar-refractivity contribution in [2.24, 2.45) is 0 Å². The normalized spacial score (nSPS) is 10.3. The Morgan fingerprint density at radius 2 is 1.74 bits per heavy atom. The minimum Gasteiger partial charge on any atom is -0.321 e. The number of hydrogen-bond acceptors (Lipinski definition) is 1. The average Bonchev–Trinajstić information content (AvgIpc) is 2.35. The summed E-state index contributed by atoms with van der Waals surface area (Å²) in [7, 11) is 0. The van der Waals surface area contributed by atoms with E-state index in [1.54, 1.807) is 18.2 Å². The van der Waals surface area contributed by atoms with Gasteiger partial charge in [0.05, 0.1) is 10.7 Å². The molecule has 0 unspecified atom stereocenters. The first kappa shape index (κ1) is 14.6. The number of carbonyl (C=O) groups is 1. The second kappa shape index (κ2) is 6.07. The van der Waals surface area contributed by atoms with E-state index in [1.807, 2.05) is 25.1 Å². The molecule has 1 N–H and O–H groups in total. The Labute approximate surface area is 133 Å². The van der Waals surface area contributed by atoms with Crippen LogP contribution < -0.4 is 5.32 Å². The molecule has 5 heteroatoms. The van der Waals surface area contributed by atoms with Gasteiger partial charge in [-0.05, 0) is 42.8 Å². The monoisotopic (exact) mass is 401 g/mol. The fourth-order valence-corrected chi connectivity index (χ4v) is 2.70. The first-order valence-electron chi connectivity index (χ1n) is 5.50. The smallest absolute Gasteiger partial charge is 0.256 e. The lowest BCUT2D eigenvalue weighted by atomic mass is 10.1. The molecule has 2 aromatic carbocycles. The summed E-state index contributed by atoms with van der Waals surface area (Å²) in [5.41, 5.74) is 2.12. The molecule has 0 atom stereocenters. The number of hydrogen-bond donors (Lipinski definition) is 1. The van der Waals surface area contributed by atoms with Gasteiger partial charge < -0.3 is 5.32 Å². The van der Waals surface area contributed by atoms with E-state index in [9.17, 15) is 4.79 Å². The van der Waals surface area contributed by atoms with Crippen LogP contribution in [0, 0.1) is 6.92 Å². The van der Waals surface area contributed by atoms with Gasteiger partial charge >= 0.3 is 0 Å². The summed E-state index contributed by atoms with van der Waals surface area (Å²) in [4.78, 5) is 12.2. The van der Waals surface area contributed by atoms with Gasteiger partial charge in [-0.15, -0.1) is 0 Å². The molecule has 0 heterocycles. The number of aryl methyl sites for hydroxylation is 1. The van der Waals surface area contributed by atoms with Crippen molar-refractivity contribution in [1.29, 1.82) is 0 Å². The van der Waals surface area contributed by atoms with Crippen LogP contribution in [0.4, 0.5) is 5.69 Å². The van der Waals surface area contributed by atoms with Gasteiger partial charge in [-0.2, -0.15) is 0 Å². The summed E-state index contributed by atoms with van der Waals surface area (Å²) in [5, 5.41) is 3.30. The molecular weight excluding hydrogens is 393 g/mol. The molecule has 2 aromatic rings. The number of halogens is 3. The van der Waals surface area contributed by atoms with Crippen molar-refractivity contribution in [2.45, 2.75) is 6.92 Å². The van der Waals surface area contributed by atoms with Crippen LogP contribution in [0.1, 0.15) is 15.9 Å². The molecule has 0 radical (unpaired) electrons. The van der Waals surface area contributed by atoms with Gasteiger partial charge in [-0.25, -0.2) is 0 Å². The number of rotatable bonds is 2. The molecule has 0 spiro atoms. The van der Waals surface area contributed by atoms with Crippen molar-refractivity contribution in [3.63, 3.8) is 0 Å². The Morgan fingerprint density at radius 3 is 2.42 bits per heavy atom. The summed E-state index contributed by atoms with van der Waals surface area (Å²) in [6.45, 7) is 1.89. The predicted octanol–water partition coefficient (Wildman–Crippen LogP) is 5.43. The second-order valence-electron chi connectivity index (χ2n) is 4.04. The molecule has 19 heavy (non-hydrogen) atoms. The summed E-state index contributed by atoms with van der Waals surface area (Å²) >= 11 is 12.8. The van der Waals surface area contributed by atoms with Crippen molar-refractivity contribution in [3.05, 3.63) is 61.5 Å². The van der Waals surface area contributed by atoms with Crippen LogP contribution >= 0.6 is 43.5 Å². The SMILES string of the molecule is Cc1ccc(Br)cc1C(=O)Nc1ccc(Br)cc1Cl. The van der Waals surface area contributed by atoms with E-state index in [2.05, 4.69) is 37.2 Å². The Hall–Kier alpha value is -0.840. The maximum atomic E-state index is 12.2. The lowest BCUT2D eigenvalue weighted by Crippen LogP contribution is -2.13. The number of anilines is 1. The van der Waals surface area contributed by atoms with E-state index >= 15 is 0 Å². The van der Waals surface area contributed by atoms with Gasteiger partial charge in [0.15, 0.2) is 0 Å². The Morgan fingerprint density at radius 1 is 1.11 bits per heavy atom. The molecular formula is C14H10Br2ClNO. The minimum absolute atomic E-state index is 0.178. The summed E-state index contributed by atoms with van der Waals surface area (Å²) < 4.78 is 1.74. The third-order valence-corrected chi connectivity index (χ3v) is 3.92. The van der Waals surface area contributed by atoms with E-state index in [-0.39, 0.29) is 5.91 Å². The molecule has 2 nitrogen and oxygen atoms in total. The van der Waals surface area contributed by atoms with Crippen LogP contribution in [-0.4, -0.2) is 5.91 Å². The van der Waals surface area contributed by atoms with Crippen molar-refractivity contribution in [3.8, 4) is 0 Å². The lowest BCUT2D eigenvalue weighted by molar-refractivity contribution is 0.102. The van der Waals surface area contributed by atoms with Gasteiger partial charge in [-0.3, -0.25) is 4.79 Å². The van der Waals surface area contributed by atoms with Crippen molar-refractivity contribution >= 4 is 55.1 Å². The van der Waals surface area contributed by atoms with Crippen LogP contribution in [0.2, 0.25) is 5.02 Å². The van der Waals surface area contributed by atoms with Crippen molar-refractivity contribution < 1.29 is 4.79 Å². The van der Waals surface area contributed by atoms with Gasteiger partial charge in [0.25, 0.3) is 5.91 Å². The third kappa shape index (κ3) is 3.59. The summed E-state index contributed by atoms with van der Waals surface area (Å²) in [6, 6.07) is 10.9. The third-order valence-electron chi connectivity index (χ3n) is 2.62. The molecule has 0 aliphatic heterocycles. The maximum Gasteiger partial charge on any atom is 0.256 e. The largest absolute Gasteiger partial charge is 0.321 e. The standard InChI is InChI=1S/C14H10Br2ClNO/c1-8-2-3-9(15)6-11(8)14(19)18-13-5-4-10(16)7-12(13)17/h2-7H,1H3,(H,18,19). The van der Waals surface area contributed by atoms with Crippen molar-refractivity contribution in [2.75, 3.05) is 5.32 Å². The molecule has 98 valence electrons. The van der Waals surface area contributed by atoms with E-state index in [4.69, 9.17) is 11.6 Å². The van der Waals surface area contributed by atoms with Crippen LogP contribution in [0.3, 0.4) is 0 Å². The highest BCUT2D eigenvalue weighted by molar-refractivity contribution is 9.10. The summed E-state index contributed by atoms with van der Waals surface area (Å²) in [6.07, 6.45) is 0. The molecule has 0 fully saturated rings. The van der Waals surface area contributed by atoms with E-state index in [0.717, 1.165) is 14.5 Å². The minimum atomic E-state index is -0.178. The Balaban J connectivity index is 2.28. The van der Waals surface area contributed by atoms with Gasteiger partial charge in [0, 0.05) is 14.5 Å². The lowest BCUT2D eigenvalue weighted by Gasteiger charge is -2.09. The highest BCUT2D eigenvalue weighted by Crippen LogP contribution is 2.26. The fourth-order valence-electron chi connectivity index (χ4n) is 1.62. The van der Waals surface area contributed by atoms with Crippen LogP contribution in [0.25, 0.3) is 0 Å². The van der Waals surface area contributed by atoms with Gasteiger partial charge in [0.2, 0.25) is 0 Å². The zero-order valence-corrected chi connectivity index (χ0v) is 13.9. The molecule has 0 aliphatic rings. The fraction of sp³-hybridized carbons (Fsp3) is 0.0714. The average molecular weight is 404 g/mol. The highest BCUT2D eigenvalue weighted by atomic mass is 79.9. The maximum absolute atomic E-state index is 12.2. The van der Waals surface area contributed by atoms with Gasteiger partial charge in [-0.1, -0.05) is 49.5 Å². The quantitative estimate of drug-likeness (QED) is 0.712. The number of amides is 1. The second-order valence-corrected chi connectivity index (χ2v) is 6.28. The van der Waals surface area contributed by atoms with E-state index < -0.39 is 0 Å². The predicted molar refractivity (Wildman–Crippen MR) is 86.0 cm³/mol.